The van der Waals surface area contributed by atoms with Gasteiger partial charge in [-0.15, -0.1) is 0 Å². The molecule has 0 saturated heterocycles. The van der Waals surface area contributed by atoms with Gasteiger partial charge in [0.05, 0.1) is 7.11 Å². The average Bonchev–Trinajstić information content (AvgIpc) is 2.28. The van der Waals surface area contributed by atoms with Crippen molar-refractivity contribution >= 4 is 0 Å². The summed E-state index contributed by atoms with van der Waals surface area (Å²) in [5, 5.41) is 3.25. The molecule has 0 atom stereocenters. The van der Waals surface area contributed by atoms with Gasteiger partial charge in [0.1, 0.15) is 0 Å². The molecule has 18 heavy (non-hydrogen) atoms. The first-order chi connectivity index (χ1) is 8.38. The molecular weight excluding hydrogens is 231 g/mol. The molecule has 0 aliphatic heterocycles. The predicted octanol–water partition coefficient (Wildman–Crippen LogP) is 2.26. The highest BCUT2D eigenvalue weighted by Crippen LogP contribution is 2.18. The molecule has 0 bridgehead atoms. The first-order valence-electron chi connectivity index (χ1n) is 6.08. The second-order valence-corrected chi connectivity index (χ2v) is 5.28. The van der Waals surface area contributed by atoms with Crippen LogP contribution in [0, 0.1) is 5.82 Å². The fraction of sp³-hybridized carbons (Fsp3) is 0.571. The Morgan fingerprint density at radius 3 is 2.56 bits per heavy atom. The van der Waals surface area contributed by atoms with Crippen LogP contribution in [0.4, 0.5) is 4.39 Å². The maximum atomic E-state index is 13.5. The highest BCUT2D eigenvalue weighted by atomic mass is 19.1. The number of halogens is 1. The molecule has 0 aromatic heterocycles. The Kier molecular flexibility index (Phi) is 5.11. The molecule has 0 radical (unpaired) electrons. The van der Waals surface area contributed by atoms with Gasteiger partial charge in [-0.3, -0.25) is 0 Å². The van der Waals surface area contributed by atoms with E-state index < -0.39 is 0 Å². The summed E-state index contributed by atoms with van der Waals surface area (Å²) in [6.07, 6.45) is 0. The molecule has 0 saturated carbocycles. The molecule has 0 heterocycles. The summed E-state index contributed by atoms with van der Waals surface area (Å²) in [5.74, 6) is -0.0202. The topological polar surface area (TPSA) is 24.5 Å². The van der Waals surface area contributed by atoms with Crippen LogP contribution < -0.4 is 10.1 Å². The van der Waals surface area contributed by atoms with Crippen molar-refractivity contribution in [2.45, 2.75) is 25.9 Å². The molecule has 1 rings (SSSR count). The second kappa shape index (κ2) is 6.16. The summed E-state index contributed by atoms with van der Waals surface area (Å²) < 4.78 is 18.5. The average molecular weight is 254 g/mol. The Labute approximate surface area is 109 Å². The van der Waals surface area contributed by atoms with Crippen LogP contribution in [0.25, 0.3) is 0 Å². The van der Waals surface area contributed by atoms with Crippen LogP contribution in [0.2, 0.25) is 0 Å². The van der Waals surface area contributed by atoms with E-state index in [1.807, 2.05) is 20.2 Å². The predicted molar refractivity (Wildman–Crippen MR) is 72.4 cm³/mol. The van der Waals surface area contributed by atoms with Crippen molar-refractivity contribution in [1.29, 1.82) is 0 Å². The van der Waals surface area contributed by atoms with Crippen molar-refractivity contribution in [2.24, 2.45) is 0 Å². The van der Waals surface area contributed by atoms with E-state index in [2.05, 4.69) is 24.1 Å². The molecule has 0 aliphatic carbocycles. The molecular formula is C14H23FN2O. The summed E-state index contributed by atoms with van der Waals surface area (Å²) in [4.78, 5) is 2.16. The van der Waals surface area contributed by atoms with E-state index in [9.17, 15) is 4.39 Å². The first kappa shape index (κ1) is 14.9. The van der Waals surface area contributed by atoms with Gasteiger partial charge in [-0.05, 0) is 45.6 Å². The number of ether oxygens (including phenoxy) is 1. The number of likely N-dealkylation sites (N-methyl/N-ethyl adjacent to an activating group) is 2. The van der Waals surface area contributed by atoms with Gasteiger partial charge in [0, 0.05) is 18.6 Å². The third-order valence-electron chi connectivity index (χ3n) is 3.01. The molecule has 3 nitrogen and oxygen atoms in total. The minimum atomic E-state index is -0.309. The van der Waals surface area contributed by atoms with Crippen molar-refractivity contribution in [3.05, 3.63) is 29.6 Å². The van der Waals surface area contributed by atoms with Crippen LogP contribution in [0.5, 0.6) is 5.75 Å². The maximum absolute atomic E-state index is 13.5. The SMILES string of the molecule is CNC(C)(C)CN(C)Cc1ccc(OC)c(F)c1. The Balaban J connectivity index is 2.65. The number of nitrogens with zero attached hydrogens (tertiary/aromatic N) is 1. The van der Waals surface area contributed by atoms with Crippen molar-refractivity contribution in [1.82, 2.24) is 10.2 Å². The van der Waals surface area contributed by atoms with Crippen LogP contribution in [-0.4, -0.2) is 38.2 Å². The van der Waals surface area contributed by atoms with Gasteiger partial charge in [0.15, 0.2) is 11.6 Å². The summed E-state index contributed by atoms with van der Waals surface area (Å²) in [6, 6.07) is 5.09. The molecule has 0 amide bonds. The number of hydrogen-bond donors (Lipinski definition) is 1. The number of benzene rings is 1. The fourth-order valence-corrected chi connectivity index (χ4v) is 1.93. The normalized spacial score (nSPS) is 11.9. The zero-order valence-electron chi connectivity index (χ0n) is 11.9. The van der Waals surface area contributed by atoms with E-state index in [0.29, 0.717) is 6.54 Å². The number of nitrogens with one attached hydrogen (secondary N) is 1. The third-order valence-corrected chi connectivity index (χ3v) is 3.01. The van der Waals surface area contributed by atoms with Gasteiger partial charge in [0.2, 0.25) is 0 Å². The summed E-state index contributed by atoms with van der Waals surface area (Å²) in [7, 11) is 5.45. The molecule has 0 spiro atoms. The largest absolute Gasteiger partial charge is 0.494 e. The highest BCUT2D eigenvalue weighted by Gasteiger charge is 2.17. The Morgan fingerprint density at radius 2 is 2.06 bits per heavy atom. The minimum absolute atomic E-state index is 0.0414. The van der Waals surface area contributed by atoms with Crippen LogP contribution in [0.1, 0.15) is 19.4 Å². The van der Waals surface area contributed by atoms with Gasteiger partial charge in [0.25, 0.3) is 0 Å². The van der Waals surface area contributed by atoms with Crippen molar-refractivity contribution in [3.63, 3.8) is 0 Å². The van der Waals surface area contributed by atoms with Crippen molar-refractivity contribution < 1.29 is 9.13 Å². The lowest BCUT2D eigenvalue weighted by atomic mass is 10.1. The Bertz CT molecular complexity index is 393. The van der Waals surface area contributed by atoms with Gasteiger partial charge in [-0.1, -0.05) is 6.07 Å². The standard InChI is InChI=1S/C14H23FN2O/c1-14(2,16-3)10-17(4)9-11-6-7-13(18-5)12(15)8-11/h6-8,16H,9-10H2,1-5H3. The summed E-state index contributed by atoms with van der Waals surface area (Å²) in [5.41, 5.74) is 0.988. The molecule has 0 aliphatic rings. The van der Waals surface area contributed by atoms with Crippen LogP contribution in [-0.2, 0) is 6.54 Å². The van der Waals surface area contributed by atoms with E-state index in [1.165, 1.54) is 13.2 Å². The first-order valence-corrected chi connectivity index (χ1v) is 6.08. The summed E-state index contributed by atoms with van der Waals surface area (Å²) in [6.45, 7) is 5.87. The fourth-order valence-electron chi connectivity index (χ4n) is 1.93. The Morgan fingerprint density at radius 1 is 1.39 bits per heavy atom. The smallest absolute Gasteiger partial charge is 0.165 e. The van der Waals surface area contributed by atoms with Crippen molar-refractivity contribution in [2.75, 3.05) is 27.7 Å². The molecule has 0 unspecified atom stereocenters. The van der Waals surface area contributed by atoms with Crippen LogP contribution in [0.3, 0.4) is 0 Å². The molecule has 102 valence electrons. The van der Waals surface area contributed by atoms with Gasteiger partial charge in [-0.2, -0.15) is 0 Å². The molecule has 0 fully saturated rings. The van der Waals surface area contributed by atoms with E-state index >= 15 is 0 Å². The van der Waals surface area contributed by atoms with Gasteiger partial charge < -0.3 is 15.0 Å². The van der Waals surface area contributed by atoms with E-state index in [4.69, 9.17) is 4.74 Å². The third kappa shape index (κ3) is 4.27. The van der Waals surface area contributed by atoms with E-state index in [-0.39, 0.29) is 17.1 Å². The number of methoxy groups -OCH3 is 1. The van der Waals surface area contributed by atoms with Crippen LogP contribution >= 0.6 is 0 Å². The zero-order chi connectivity index (χ0) is 13.8. The molecule has 1 aromatic rings. The van der Waals surface area contributed by atoms with Crippen molar-refractivity contribution in [3.8, 4) is 5.75 Å². The zero-order valence-corrected chi connectivity index (χ0v) is 11.9. The molecule has 4 heteroatoms. The van der Waals surface area contributed by atoms with Gasteiger partial charge >= 0.3 is 0 Å². The van der Waals surface area contributed by atoms with Gasteiger partial charge in [-0.25, -0.2) is 4.39 Å². The summed E-state index contributed by atoms with van der Waals surface area (Å²) >= 11 is 0. The minimum Gasteiger partial charge on any atom is -0.494 e. The second-order valence-electron chi connectivity index (χ2n) is 5.28. The quantitative estimate of drug-likeness (QED) is 0.843. The van der Waals surface area contributed by atoms with E-state index in [0.717, 1.165) is 12.1 Å². The number of rotatable bonds is 6. The van der Waals surface area contributed by atoms with Crippen LogP contribution in [0.15, 0.2) is 18.2 Å². The number of hydrogen-bond acceptors (Lipinski definition) is 3. The monoisotopic (exact) mass is 254 g/mol. The molecule has 1 N–H and O–H groups in total. The lowest BCUT2D eigenvalue weighted by molar-refractivity contribution is 0.238. The highest BCUT2D eigenvalue weighted by molar-refractivity contribution is 5.29. The van der Waals surface area contributed by atoms with E-state index in [1.54, 1.807) is 6.07 Å². The maximum Gasteiger partial charge on any atom is 0.165 e. The Hall–Kier alpha value is -1.13. The lowest BCUT2D eigenvalue weighted by Gasteiger charge is -2.30. The molecule has 1 aromatic carbocycles. The lowest BCUT2D eigenvalue weighted by Crippen LogP contribution is -2.46.